The molecular formula is C17H28FNO2. The minimum atomic E-state index is -0.550. The number of amides is 1. The molecule has 0 radical (unpaired) electrons. The van der Waals surface area contributed by atoms with Crippen molar-refractivity contribution in [3.8, 4) is 0 Å². The first-order chi connectivity index (χ1) is 9.65. The third kappa shape index (κ3) is 5.74. The van der Waals surface area contributed by atoms with Crippen LogP contribution in [0.3, 0.4) is 0 Å². The first kappa shape index (κ1) is 19.4. The van der Waals surface area contributed by atoms with Crippen LogP contribution in [0.1, 0.15) is 52.7 Å². The number of aryl methyl sites for hydroxylation is 2. The molecule has 0 fully saturated rings. The van der Waals surface area contributed by atoms with E-state index in [1.54, 1.807) is 14.0 Å². The molecule has 21 heavy (non-hydrogen) atoms. The molecule has 1 rings (SSSR count). The number of rotatable bonds is 2. The number of carbonyl (C=O) groups is 1. The molecule has 120 valence electrons. The van der Waals surface area contributed by atoms with E-state index in [0.717, 1.165) is 16.8 Å². The van der Waals surface area contributed by atoms with E-state index in [1.165, 1.54) is 17.0 Å². The Labute approximate surface area is 128 Å². The number of anilines is 1. The minimum absolute atomic E-state index is 0.282. The number of hydrogen-bond donors (Lipinski definition) is 0. The van der Waals surface area contributed by atoms with E-state index in [2.05, 4.69) is 0 Å². The van der Waals surface area contributed by atoms with Gasteiger partial charge in [-0.05, 0) is 57.4 Å². The van der Waals surface area contributed by atoms with E-state index in [9.17, 15) is 9.18 Å². The minimum Gasteiger partial charge on any atom is -0.443 e. The second-order valence-corrected chi connectivity index (χ2v) is 5.62. The lowest BCUT2D eigenvalue weighted by molar-refractivity contribution is 0.0589. The van der Waals surface area contributed by atoms with E-state index in [0.29, 0.717) is 6.42 Å². The van der Waals surface area contributed by atoms with Crippen LogP contribution in [0.4, 0.5) is 14.9 Å². The summed E-state index contributed by atoms with van der Waals surface area (Å²) in [6, 6.07) is 2.89. The molecule has 0 unspecified atom stereocenters. The van der Waals surface area contributed by atoms with E-state index < -0.39 is 11.7 Å². The molecule has 1 aromatic carbocycles. The highest BCUT2D eigenvalue weighted by Gasteiger charge is 2.23. The third-order valence-electron chi connectivity index (χ3n) is 2.73. The first-order valence-corrected chi connectivity index (χ1v) is 7.41. The molecule has 0 aliphatic heterocycles. The summed E-state index contributed by atoms with van der Waals surface area (Å²) in [5.41, 5.74) is 1.69. The zero-order chi connectivity index (χ0) is 16.8. The molecule has 0 N–H and O–H groups in total. The molecule has 0 saturated heterocycles. The lowest BCUT2D eigenvalue weighted by Gasteiger charge is -2.27. The van der Waals surface area contributed by atoms with Crippen LogP contribution in [0, 0.1) is 12.7 Å². The topological polar surface area (TPSA) is 29.5 Å². The Hall–Kier alpha value is -1.58. The molecule has 0 bridgehead atoms. The van der Waals surface area contributed by atoms with Gasteiger partial charge in [-0.25, -0.2) is 9.18 Å². The van der Waals surface area contributed by atoms with Crippen molar-refractivity contribution in [2.24, 2.45) is 0 Å². The second kappa shape index (κ2) is 8.01. The Morgan fingerprint density at radius 2 is 1.81 bits per heavy atom. The van der Waals surface area contributed by atoms with E-state index in [1.807, 2.05) is 41.5 Å². The van der Waals surface area contributed by atoms with Crippen molar-refractivity contribution in [1.82, 2.24) is 0 Å². The monoisotopic (exact) mass is 297 g/mol. The summed E-state index contributed by atoms with van der Waals surface area (Å²) in [4.78, 5) is 13.5. The Balaban J connectivity index is 0.00000191. The SMILES string of the molecule is CC.CCc1cc(F)cc(C)c1N(C)C(=O)OC(C)(C)C. The summed E-state index contributed by atoms with van der Waals surface area (Å²) < 4.78 is 18.7. The summed E-state index contributed by atoms with van der Waals surface area (Å²) in [7, 11) is 1.65. The van der Waals surface area contributed by atoms with Crippen LogP contribution in [0.25, 0.3) is 0 Å². The molecule has 0 aromatic heterocycles. The molecule has 0 heterocycles. The first-order valence-electron chi connectivity index (χ1n) is 7.41. The Morgan fingerprint density at radius 3 is 2.24 bits per heavy atom. The highest BCUT2D eigenvalue weighted by molar-refractivity contribution is 5.89. The molecule has 0 spiro atoms. The fourth-order valence-corrected chi connectivity index (χ4v) is 1.98. The van der Waals surface area contributed by atoms with Crippen molar-refractivity contribution in [3.63, 3.8) is 0 Å². The largest absolute Gasteiger partial charge is 0.443 e. The van der Waals surface area contributed by atoms with Gasteiger partial charge in [0, 0.05) is 7.05 Å². The number of benzene rings is 1. The van der Waals surface area contributed by atoms with Gasteiger partial charge >= 0.3 is 6.09 Å². The van der Waals surface area contributed by atoms with Crippen LogP contribution in [0.5, 0.6) is 0 Å². The molecular weight excluding hydrogens is 269 g/mol. The van der Waals surface area contributed by atoms with E-state index >= 15 is 0 Å². The fraction of sp³-hybridized carbons (Fsp3) is 0.588. The number of hydrogen-bond acceptors (Lipinski definition) is 2. The predicted molar refractivity (Wildman–Crippen MR) is 86.5 cm³/mol. The fourth-order valence-electron chi connectivity index (χ4n) is 1.98. The van der Waals surface area contributed by atoms with Gasteiger partial charge in [0.2, 0.25) is 0 Å². The van der Waals surface area contributed by atoms with Crippen LogP contribution >= 0.6 is 0 Å². The van der Waals surface area contributed by atoms with Crippen molar-refractivity contribution < 1.29 is 13.9 Å². The quantitative estimate of drug-likeness (QED) is 0.760. The van der Waals surface area contributed by atoms with E-state index in [-0.39, 0.29) is 5.82 Å². The predicted octanol–water partition coefficient (Wildman–Crippen LogP) is 5.09. The van der Waals surface area contributed by atoms with Gasteiger partial charge in [-0.1, -0.05) is 20.8 Å². The number of ether oxygens (including phenoxy) is 1. The van der Waals surface area contributed by atoms with Crippen molar-refractivity contribution in [1.29, 1.82) is 0 Å². The van der Waals surface area contributed by atoms with Crippen LogP contribution in [0.2, 0.25) is 0 Å². The highest BCUT2D eigenvalue weighted by atomic mass is 19.1. The zero-order valence-electron chi connectivity index (χ0n) is 14.5. The van der Waals surface area contributed by atoms with Crippen molar-refractivity contribution in [3.05, 3.63) is 29.1 Å². The molecule has 0 aliphatic carbocycles. The normalized spacial score (nSPS) is 10.5. The summed E-state index contributed by atoms with van der Waals surface area (Å²) in [6.45, 7) is 13.2. The van der Waals surface area contributed by atoms with Crippen molar-refractivity contribution >= 4 is 11.8 Å². The standard InChI is InChI=1S/C15H22FNO2.C2H6/c1-7-11-9-12(16)8-10(2)13(11)17(6)14(18)19-15(3,4)5;1-2/h8-9H,7H2,1-6H3;1-2H3. The van der Waals surface area contributed by atoms with Gasteiger partial charge in [-0.15, -0.1) is 0 Å². The van der Waals surface area contributed by atoms with Gasteiger partial charge in [-0.2, -0.15) is 0 Å². The van der Waals surface area contributed by atoms with E-state index in [4.69, 9.17) is 4.74 Å². The Bertz CT molecular complexity index is 478. The highest BCUT2D eigenvalue weighted by Crippen LogP contribution is 2.27. The van der Waals surface area contributed by atoms with Gasteiger partial charge in [0.05, 0.1) is 5.69 Å². The zero-order valence-corrected chi connectivity index (χ0v) is 14.5. The Morgan fingerprint density at radius 1 is 1.29 bits per heavy atom. The maximum Gasteiger partial charge on any atom is 0.414 e. The average Bonchev–Trinajstić information content (AvgIpc) is 2.37. The van der Waals surface area contributed by atoms with Crippen LogP contribution in [0.15, 0.2) is 12.1 Å². The van der Waals surface area contributed by atoms with Gasteiger partial charge in [-0.3, -0.25) is 4.90 Å². The molecule has 0 atom stereocenters. The molecule has 0 saturated carbocycles. The lowest BCUT2D eigenvalue weighted by atomic mass is 10.0. The van der Waals surface area contributed by atoms with Crippen LogP contribution in [-0.4, -0.2) is 18.7 Å². The van der Waals surface area contributed by atoms with Gasteiger partial charge in [0.15, 0.2) is 0 Å². The number of carbonyl (C=O) groups excluding carboxylic acids is 1. The Kier molecular flexibility index (Phi) is 7.41. The van der Waals surface area contributed by atoms with Gasteiger partial charge in [0.25, 0.3) is 0 Å². The van der Waals surface area contributed by atoms with Crippen LogP contribution in [-0.2, 0) is 11.2 Å². The molecule has 3 nitrogen and oxygen atoms in total. The molecule has 4 heteroatoms. The summed E-state index contributed by atoms with van der Waals surface area (Å²) in [5.74, 6) is -0.282. The maximum atomic E-state index is 13.4. The maximum absolute atomic E-state index is 13.4. The smallest absolute Gasteiger partial charge is 0.414 e. The molecule has 1 amide bonds. The summed E-state index contributed by atoms with van der Waals surface area (Å²) >= 11 is 0. The summed E-state index contributed by atoms with van der Waals surface area (Å²) in [5, 5.41) is 0. The van der Waals surface area contributed by atoms with Crippen molar-refractivity contribution in [2.75, 3.05) is 11.9 Å². The third-order valence-corrected chi connectivity index (χ3v) is 2.73. The molecule has 0 aliphatic rings. The second-order valence-electron chi connectivity index (χ2n) is 5.62. The average molecular weight is 297 g/mol. The lowest BCUT2D eigenvalue weighted by Crippen LogP contribution is -2.35. The van der Waals surface area contributed by atoms with Gasteiger partial charge < -0.3 is 4.74 Å². The molecule has 1 aromatic rings. The number of halogens is 1. The summed E-state index contributed by atoms with van der Waals surface area (Å²) in [6.07, 6.45) is 0.220. The van der Waals surface area contributed by atoms with Crippen molar-refractivity contribution in [2.45, 2.75) is 60.5 Å². The van der Waals surface area contributed by atoms with Crippen LogP contribution < -0.4 is 4.90 Å². The van der Waals surface area contributed by atoms with Gasteiger partial charge in [0.1, 0.15) is 11.4 Å². The number of nitrogens with zero attached hydrogens (tertiary/aromatic N) is 1.